The molecule has 8 nitrogen and oxygen atoms in total. The molecule has 0 radical (unpaired) electrons. The molecule has 0 aliphatic heterocycles. The number of hydrogen-bond acceptors (Lipinski definition) is 8. The van der Waals surface area contributed by atoms with Crippen molar-refractivity contribution < 1.29 is 29.3 Å². The first-order valence-electron chi connectivity index (χ1n) is 22.5. The van der Waals surface area contributed by atoms with Gasteiger partial charge in [-0.3, -0.25) is 19.4 Å². The first kappa shape index (κ1) is 50.8. The van der Waals surface area contributed by atoms with E-state index >= 15 is 0 Å². The SMILES string of the molecule is CCCCCCCCC(CCCCCCCC)OC(=O)CCCCCCCN(CCO)CCN(CCO)CCCCCCCC(=O)OCCCCC. The van der Waals surface area contributed by atoms with Crippen molar-refractivity contribution in [2.75, 3.05) is 59.1 Å². The molecule has 310 valence electrons. The Balaban J connectivity index is 4.21. The number of ether oxygens (including phenoxy) is 2. The van der Waals surface area contributed by atoms with Crippen LogP contribution in [0.3, 0.4) is 0 Å². The zero-order valence-electron chi connectivity index (χ0n) is 34.9. The zero-order valence-corrected chi connectivity index (χ0v) is 34.9. The van der Waals surface area contributed by atoms with Crippen molar-refractivity contribution in [1.82, 2.24) is 9.80 Å². The van der Waals surface area contributed by atoms with Crippen molar-refractivity contribution >= 4 is 11.9 Å². The second-order valence-corrected chi connectivity index (χ2v) is 15.3. The summed E-state index contributed by atoms with van der Waals surface area (Å²) in [6.45, 7) is 12.6. The molecule has 0 atom stereocenters. The quantitative estimate of drug-likeness (QED) is 0.0471. The Morgan fingerprint density at radius 3 is 1.29 bits per heavy atom. The summed E-state index contributed by atoms with van der Waals surface area (Å²) >= 11 is 0. The van der Waals surface area contributed by atoms with Crippen LogP contribution >= 0.6 is 0 Å². The van der Waals surface area contributed by atoms with Gasteiger partial charge in [-0.25, -0.2) is 0 Å². The number of unbranched alkanes of at least 4 members (excludes halogenated alkanes) is 20. The second-order valence-electron chi connectivity index (χ2n) is 15.3. The maximum absolute atomic E-state index is 12.7. The fraction of sp³-hybridized carbons (Fsp3) is 0.955. The molecule has 0 aliphatic rings. The minimum atomic E-state index is -0.0595. The number of nitrogens with zero attached hydrogens (tertiary/aromatic N) is 2. The molecule has 0 aromatic heterocycles. The van der Waals surface area contributed by atoms with Crippen LogP contribution in [0.2, 0.25) is 0 Å². The van der Waals surface area contributed by atoms with Crippen molar-refractivity contribution in [2.45, 2.75) is 213 Å². The summed E-state index contributed by atoms with van der Waals surface area (Å²) in [7, 11) is 0. The number of aliphatic hydroxyl groups is 2. The molecule has 0 aromatic rings. The maximum atomic E-state index is 12.7. The van der Waals surface area contributed by atoms with Crippen molar-refractivity contribution in [2.24, 2.45) is 0 Å². The van der Waals surface area contributed by atoms with E-state index in [1.165, 1.54) is 77.0 Å². The normalized spacial score (nSPS) is 11.7. The lowest BCUT2D eigenvalue weighted by Gasteiger charge is -2.27. The van der Waals surface area contributed by atoms with E-state index in [1.54, 1.807) is 0 Å². The molecule has 0 spiro atoms. The van der Waals surface area contributed by atoms with E-state index in [0.29, 0.717) is 32.5 Å². The molecular formula is C44H88N2O6. The van der Waals surface area contributed by atoms with E-state index in [1.807, 2.05) is 0 Å². The molecule has 0 amide bonds. The number of esters is 2. The third kappa shape index (κ3) is 35.8. The van der Waals surface area contributed by atoms with Gasteiger partial charge in [0.25, 0.3) is 0 Å². The predicted molar refractivity (Wildman–Crippen MR) is 219 cm³/mol. The summed E-state index contributed by atoms with van der Waals surface area (Å²) in [5, 5.41) is 19.3. The van der Waals surface area contributed by atoms with Crippen molar-refractivity contribution in [3.8, 4) is 0 Å². The molecule has 0 rings (SSSR count). The Hall–Kier alpha value is -1.22. The largest absolute Gasteiger partial charge is 0.466 e. The van der Waals surface area contributed by atoms with Crippen LogP contribution in [-0.4, -0.2) is 97.1 Å². The number of carbonyl (C=O) groups excluding carboxylic acids is 2. The number of hydrogen-bond donors (Lipinski definition) is 2. The Morgan fingerprint density at radius 2 is 0.827 bits per heavy atom. The molecule has 52 heavy (non-hydrogen) atoms. The standard InChI is InChI=1S/C44H88N2O6/c1-4-7-10-12-16-22-29-42(30-23-17-13-11-8-5-2)52-44(50)32-25-19-15-21-27-34-46(38-40-48)36-35-45(37-39-47)33-26-20-14-18-24-31-43(49)51-41-28-9-6-3/h42,47-48H,4-41H2,1-3H3. The van der Waals surface area contributed by atoms with Gasteiger partial charge in [0, 0.05) is 39.0 Å². The average molecular weight is 741 g/mol. The van der Waals surface area contributed by atoms with Gasteiger partial charge in [0.15, 0.2) is 0 Å². The van der Waals surface area contributed by atoms with E-state index < -0.39 is 0 Å². The smallest absolute Gasteiger partial charge is 0.306 e. The van der Waals surface area contributed by atoms with Gasteiger partial charge in [-0.1, -0.05) is 136 Å². The van der Waals surface area contributed by atoms with Crippen LogP contribution in [0.5, 0.6) is 0 Å². The summed E-state index contributed by atoms with van der Waals surface area (Å²) in [6, 6.07) is 0. The second kappa shape index (κ2) is 41.0. The molecule has 0 aromatic carbocycles. The Morgan fingerprint density at radius 1 is 0.442 bits per heavy atom. The van der Waals surface area contributed by atoms with Gasteiger partial charge in [-0.15, -0.1) is 0 Å². The average Bonchev–Trinajstić information content (AvgIpc) is 3.13. The Labute approximate surface area is 322 Å². The zero-order chi connectivity index (χ0) is 38.2. The van der Waals surface area contributed by atoms with Crippen LogP contribution < -0.4 is 0 Å². The topological polar surface area (TPSA) is 99.5 Å². The lowest BCUT2D eigenvalue weighted by molar-refractivity contribution is -0.150. The lowest BCUT2D eigenvalue weighted by atomic mass is 10.0. The fourth-order valence-electron chi connectivity index (χ4n) is 6.93. The van der Waals surface area contributed by atoms with E-state index in [9.17, 15) is 19.8 Å². The summed E-state index contributed by atoms with van der Waals surface area (Å²) in [6.07, 6.45) is 32.3. The van der Waals surface area contributed by atoms with Crippen LogP contribution in [0, 0.1) is 0 Å². The molecule has 0 bridgehead atoms. The van der Waals surface area contributed by atoms with E-state index in [2.05, 4.69) is 30.6 Å². The highest BCUT2D eigenvalue weighted by Gasteiger charge is 2.15. The van der Waals surface area contributed by atoms with Gasteiger partial charge < -0.3 is 19.7 Å². The third-order valence-corrected chi connectivity index (χ3v) is 10.3. The molecule has 2 N–H and O–H groups in total. The van der Waals surface area contributed by atoms with Crippen LogP contribution in [0.4, 0.5) is 0 Å². The van der Waals surface area contributed by atoms with Gasteiger partial charge in [-0.2, -0.15) is 0 Å². The van der Waals surface area contributed by atoms with Gasteiger partial charge >= 0.3 is 11.9 Å². The highest BCUT2D eigenvalue weighted by atomic mass is 16.5. The third-order valence-electron chi connectivity index (χ3n) is 10.3. The number of carbonyl (C=O) groups is 2. The highest BCUT2D eigenvalue weighted by molar-refractivity contribution is 5.69. The lowest BCUT2D eigenvalue weighted by Crippen LogP contribution is -2.38. The van der Waals surface area contributed by atoms with Gasteiger partial charge in [-0.05, 0) is 70.9 Å². The fourth-order valence-corrected chi connectivity index (χ4v) is 6.93. The van der Waals surface area contributed by atoms with Gasteiger partial charge in [0.05, 0.1) is 19.8 Å². The van der Waals surface area contributed by atoms with E-state index in [4.69, 9.17) is 9.47 Å². The van der Waals surface area contributed by atoms with E-state index in [-0.39, 0.29) is 31.3 Å². The number of aliphatic hydroxyl groups excluding tert-OH is 2. The van der Waals surface area contributed by atoms with Crippen LogP contribution in [0.25, 0.3) is 0 Å². The Bertz CT molecular complexity index is 738. The molecule has 0 saturated heterocycles. The molecule has 0 fully saturated rings. The van der Waals surface area contributed by atoms with Crippen LogP contribution in [0.15, 0.2) is 0 Å². The molecule has 8 heteroatoms. The predicted octanol–water partition coefficient (Wildman–Crippen LogP) is 10.4. The number of rotatable bonds is 42. The van der Waals surface area contributed by atoms with Gasteiger partial charge in [0.2, 0.25) is 0 Å². The molecule has 0 aliphatic carbocycles. The highest BCUT2D eigenvalue weighted by Crippen LogP contribution is 2.18. The van der Waals surface area contributed by atoms with Crippen molar-refractivity contribution in [3.63, 3.8) is 0 Å². The maximum Gasteiger partial charge on any atom is 0.306 e. The van der Waals surface area contributed by atoms with Crippen LogP contribution in [0.1, 0.15) is 207 Å². The first-order chi connectivity index (χ1) is 25.5. The summed E-state index contributed by atoms with van der Waals surface area (Å²) in [5.41, 5.74) is 0. The van der Waals surface area contributed by atoms with E-state index in [0.717, 1.165) is 122 Å². The van der Waals surface area contributed by atoms with Crippen LogP contribution in [-0.2, 0) is 19.1 Å². The Kier molecular flexibility index (Phi) is 40.0. The molecule has 0 unspecified atom stereocenters. The van der Waals surface area contributed by atoms with Gasteiger partial charge in [0.1, 0.15) is 6.10 Å². The summed E-state index contributed by atoms with van der Waals surface area (Å²) in [5.74, 6) is -0.0608. The first-order valence-corrected chi connectivity index (χ1v) is 22.5. The minimum Gasteiger partial charge on any atom is -0.466 e. The summed E-state index contributed by atoms with van der Waals surface area (Å²) in [4.78, 5) is 29.2. The minimum absolute atomic E-state index is 0.00129. The molecule has 0 saturated carbocycles. The van der Waals surface area contributed by atoms with Crippen molar-refractivity contribution in [3.05, 3.63) is 0 Å². The summed E-state index contributed by atoms with van der Waals surface area (Å²) < 4.78 is 11.3. The monoisotopic (exact) mass is 741 g/mol. The van der Waals surface area contributed by atoms with Crippen molar-refractivity contribution in [1.29, 1.82) is 0 Å². The molecule has 0 heterocycles. The molecular weight excluding hydrogens is 652 g/mol.